The monoisotopic (exact) mass is 279 g/mol. The molecule has 0 amide bonds. The molecule has 1 aliphatic carbocycles. The zero-order chi connectivity index (χ0) is 14.4. The van der Waals surface area contributed by atoms with E-state index < -0.39 is 0 Å². The molecule has 3 unspecified atom stereocenters. The van der Waals surface area contributed by atoms with E-state index in [4.69, 9.17) is 9.15 Å². The fraction of sp³-hybridized carbons (Fsp3) is 0.765. The maximum Gasteiger partial charge on any atom is 0.123 e. The molecule has 1 aliphatic rings. The largest absolute Gasteiger partial charge is 0.468 e. The van der Waals surface area contributed by atoms with Gasteiger partial charge in [0.2, 0.25) is 0 Å². The zero-order valence-electron chi connectivity index (χ0n) is 13.2. The number of furan rings is 1. The summed E-state index contributed by atoms with van der Waals surface area (Å²) in [5.41, 5.74) is -0.112. The third-order valence-electron chi connectivity index (χ3n) is 4.37. The molecule has 0 radical (unpaired) electrons. The average molecular weight is 279 g/mol. The van der Waals surface area contributed by atoms with Crippen LogP contribution in [0, 0.1) is 5.92 Å². The molecule has 3 nitrogen and oxygen atoms in total. The van der Waals surface area contributed by atoms with Crippen LogP contribution in [0.2, 0.25) is 0 Å². The van der Waals surface area contributed by atoms with Crippen molar-refractivity contribution in [2.24, 2.45) is 5.92 Å². The van der Waals surface area contributed by atoms with E-state index in [1.807, 2.05) is 6.07 Å². The van der Waals surface area contributed by atoms with E-state index in [9.17, 15) is 0 Å². The van der Waals surface area contributed by atoms with Crippen molar-refractivity contribution in [2.75, 3.05) is 13.2 Å². The number of nitrogens with one attached hydrogen (secondary N) is 1. The van der Waals surface area contributed by atoms with E-state index in [0.717, 1.165) is 44.1 Å². The van der Waals surface area contributed by atoms with Gasteiger partial charge >= 0.3 is 0 Å². The Morgan fingerprint density at radius 2 is 2.35 bits per heavy atom. The standard InChI is InChI=1S/C17H29NO2/c1-4-11-18-16(15-9-7-12-19-15)17(20-5-2)10-6-8-14(3)13-17/h7,9,12,14,16,18H,4-6,8,10-11,13H2,1-3H3. The first-order chi connectivity index (χ1) is 9.72. The molecule has 1 fully saturated rings. The number of hydrogen-bond acceptors (Lipinski definition) is 3. The Kier molecular flexibility index (Phi) is 5.67. The van der Waals surface area contributed by atoms with Crippen molar-refractivity contribution >= 4 is 0 Å². The summed E-state index contributed by atoms with van der Waals surface area (Å²) in [6.07, 6.45) is 7.67. The lowest BCUT2D eigenvalue weighted by molar-refractivity contribution is -0.105. The summed E-state index contributed by atoms with van der Waals surface area (Å²) < 4.78 is 12.0. The fourth-order valence-electron chi connectivity index (χ4n) is 3.60. The highest BCUT2D eigenvalue weighted by Gasteiger charge is 2.44. The minimum absolute atomic E-state index is 0.112. The van der Waals surface area contributed by atoms with Gasteiger partial charge in [-0.15, -0.1) is 0 Å². The lowest BCUT2D eigenvalue weighted by Crippen LogP contribution is -2.49. The molecule has 0 aliphatic heterocycles. The molecule has 114 valence electrons. The van der Waals surface area contributed by atoms with Gasteiger partial charge < -0.3 is 14.5 Å². The Bertz CT molecular complexity index is 372. The molecule has 20 heavy (non-hydrogen) atoms. The third-order valence-corrected chi connectivity index (χ3v) is 4.37. The van der Waals surface area contributed by atoms with Crippen LogP contribution in [0.5, 0.6) is 0 Å². The van der Waals surface area contributed by atoms with Gasteiger partial charge in [0.15, 0.2) is 0 Å². The normalized spacial score (nSPS) is 28.4. The van der Waals surface area contributed by atoms with Gasteiger partial charge in [0.05, 0.1) is 17.9 Å². The van der Waals surface area contributed by atoms with Gasteiger partial charge in [-0.25, -0.2) is 0 Å². The van der Waals surface area contributed by atoms with E-state index in [0.29, 0.717) is 0 Å². The first kappa shape index (κ1) is 15.6. The molecule has 0 aromatic carbocycles. The van der Waals surface area contributed by atoms with Crippen molar-refractivity contribution in [1.82, 2.24) is 5.32 Å². The van der Waals surface area contributed by atoms with Gasteiger partial charge in [-0.05, 0) is 50.8 Å². The van der Waals surface area contributed by atoms with E-state index in [2.05, 4.69) is 32.2 Å². The molecule has 1 saturated carbocycles. The Labute approximate surface area is 123 Å². The predicted molar refractivity (Wildman–Crippen MR) is 81.7 cm³/mol. The van der Waals surface area contributed by atoms with Crippen molar-refractivity contribution in [1.29, 1.82) is 0 Å². The quantitative estimate of drug-likeness (QED) is 0.808. The molecule has 1 aromatic heterocycles. The van der Waals surface area contributed by atoms with E-state index in [-0.39, 0.29) is 11.6 Å². The number of hydrogen-bond donors (Lipinski definition) is 1. The van der Waals surface area contributed by atoms with Crippen LogP contribution in [0.1, 0.15) is 64.7 Å². The molecule has 0 saturated heterocycles. The summed E-state index contributed by atoms with van der Waals surface area (Å²) in [6, 6.07) is 4.22. The molecular formula is C17H29NO2. The molecule has 0 spiro atoms. The van der Waals surface area contributed by atoms with E-state index >= 15 is 0 Å². The summed E-state index contributed by atoms with van der Waals surface area (Å²) in [5, 5.41) is 3.67. The number of rotatable bonds is 7. The third kappa shape index (κ3) is 3.44. The Morgan fingerprint density at radius 1 is 1.50 bits per heavy atom. The van der Waals surface area contributed by atoms with Gasteiger partial charge in [0.1, 0.15) is 5.76 Å². The lowest BCUT2D eigenvalue weighted by atomic mass is 9.73. The van der Waals surface area contributed by atoms with Crippen LogP contribution < -0.4 is 5.32 Å². The van der Waals surface area contributed by atoms with Crippen LogP contribution in [-0.2, 0) is 4.74 Å². The molecular weight excluding hydrogens is 250 g/mol. The first-order valence-corrected chi connectivity index (χ1v) is 8.12. The molecule has 3 heteroatoms. The van der Waals surface area contributed by atoms with Crippen molar-refractivity contribution in [3.05, 3.63) is 24.2 Å². The van der Waals surface area contributed by atoms with E-state index in [1.165, 1.54) is 12.8 Å². The van der Waals surface area contributed by atoms with Crippen molar-refractivity contribution in [3.8, 4) is 0 Å². The summed E-state index contributed by atoms with van der Waals surface area (Å²) in [7, 11) is 0. The van der Waals surface area contributed by atoms with Crippen LogP contribution in [0.3, 0.4) is 0 Å². The SMILES string of the molecule is CCCNC(c1ccco1)C1(OCC)CCCC(C)C1. The van der Waals surface area contributed by atoms with E-state index in [1.54, 1.807) is 6.26 Å². The molecule has 1 aromatic rings. The van der Waals surface area contributed by atoms with Crippen LogP contribution in [-0.4, -0.2) is 18.8 Å². The summed E-state index contributed by atoms with van der Waals surface area (Å²) in [4.78, 5) is 0. The highest BCUT2D eigenvalue weighted by atomic mass is 16.5. The van der Waals surface area contributed by atoms with Gasteiger partial charge in [0.25, 0.3) is 0 Å². The van der Waals surface area contributed by atoms with Gasteiger partial charge in [-0.1, -0.05) is 26.7 Å². The Balaban J connectivity index is 2.25. The minimum atomic E-state index is -0.112. The second-order valence-electron chi connectivity index (χ2n) is 6.10. The fourth-order valence-corrected chi connectivity index (χ4v) is 3.60. The summed E-state index contributed by atoms with van der Waals surface area (Å²) in [6.45, 7) is 8.39. The topological polar surface area (TPSA) is 34.4 Å². The molecule has 0 bridgehead atoms. The lowest BCUT2D eigenvalue weighted by Gasteiger charge is -2.44. The molecule has 3 atom stereocenters. The predicted octanol–water partition coefficient (Wildman–Crippen LogP) is 4.31. The second kappa shape index (κ2) is 7.28. The van der Waals surface area contributed by atoms with Gasteiger partial charge in [0, 0.05) is 6.61 Å². The summed E-state index contributed by atoms with van der Waals surface area (Å²) in [5.74, 6) is 1.73. The van der Waals surface area contributed by atoms with Gasteiger partial charge in [-0.2, -0.15) is 0 Å². The maximum atomic E-state index is 6.30. The number of ether oxygens (including phenoxy) is 1. The summed E-state index contributed by atoms with van der Waals surface area (Å²) >= 11 is 0. The van der Waals surface area contributed by atoms with Crippen LogP contribution in [0.15, 0.2) is 22.8 Å². The second-order valence-corrected chi connectivity index (χ2v) is 6.10. The van der Waals surface area contributed by atoms with Gasteiger partial charge in [-0.3, -0.25) is 0 Å². The zero-order valence-corrected chi connectivity index (χ0v) is 13.2. The Morgan fingerprint density at radius 3 is 2.95 bits per heavy atom. The van der Waals surface area contributed by atoms with Crippen molar-refractivity contribution in [3.63, 3.8) is 0 Å². The smallest absolute Gasteiger partial charge is 0.123 e. The van der Waals surface area contributed by atoms with Crippen molar-refractivity contribution in [2.45, 2.75) is 64.5 Å². The molecule has 1 N–H and O–H groups in total. The van der Waals surface area contributed by atoms with Crippen LogP contribution >= 0.6 is 0 Å². The van der Waals surface area contributed by atoms with Crippen LogP contribution in [0.25, 0.3) is 0 Å². The first-order valence-electron chi connectivity index (χ1n) is 8.12. The average Bonchev–Trinajstić information content (AvgIpc) is 2.93. The molecule has 1 heterocycles. The maximum absolute atomic E-state index is 6.30. The van der Waals surface area contributed by atoms with Crippen LogP contribution in [0.4, 0.5) is 0 Å². The highest BCUT2D eigenvalue weighted by molar-refractivity contribution is 5.12. The molecule has 2 rings (SSSR count). The Hall–Kier alpha value is -0.800. The van der Waals surface area contributed by atoms with Crippen molar-refractivity contribution < 1.29 is 9.15 Å². The minimum Gasteiger partial charge on any atom is -0.468 e. The highest BCUT2D eigenvalue weighted by Crippen LogP contribution is 2.43.